The van der Waals surface area contributed by atoms with Crippen LogP contribution in [-0.4, -0.2) is 43.8 Å². The van der Waals surface area contributed by atoms with E-state index < -0.39 is 7.81 Å². The normalized spacial score (nSPS) is 13.8. The monoisotopic (exact) mass is 684 g/mol. The van der Waals surface area contributed by atoms with Gasteiger partial charge in [0.1, 0.15) is 35.4 Å². The van der Waals surface area contributed by atoms with E-state index in [1.807, 2.05) is 0 Å². The van der Waals surface area contributed by atoms with Crippen molar-refractivity contribution in [2.45, 2.75) is 61.4 Å². The van der Waals surface area contributed by atoms with E-state index in [0.29, 0.717) is 0 Å². The van der Waals surface area contributed by atoms with Crippen molar-refractivity contribution < 1.29 is 34.0 Å². The molecule has 0 radical (unpaired) electrons. The molecule has 6 aromatic rings. The summed E-state index contributed by atoms with van der Waals surface area (Å²) in [6, 6.07) is 13.7. The van der Waals surface area contributed by atoms with Crippen LogP contribution in [0.5, 0.6) is 0 Å². The average Bonchev–Trinajstić information content (AvgIpc) is 2.99. The van der Waals surface area contributed by atoms with Crippen molar-refractivity contribution in [3.63, 3.8) is 0 Å². The summed E-state index contributed by atoms with van der Waals surface area (Å²) in [5.41, 5.74) is 8.54. The van der Waals surface area contributed by atoms with Gasteiger partial charge in [-0.25, -0.2) is 4.58 Å². The fraction of sp³-hybridized carbons (Fsp3) is 0.441. The van der Waals surface area contributed by atoms with E-state index >= 15 is 0 Å². The van der Waals surface area contributed by atoms with E-state index in [0.717, 1.165) is 85.3 Å². The number of hydrogen-bond donors (Lipinski definition) is 0. The molecule has 3 heterocycles. The third kappa shape index (κ3) is 6.98. The van der Waals surface area contributed by atoms with E-state index in [2.05, 4.69) is 104 Å². The summed E-state index contributed by atoms with van der Waals surface area (Å²) in [6.45, 7) is 22.1. The van der Waals surface area contributed by atoms with Gasteiger partial charge in [0, 0.05) is 72.4 Å². The third-order valence-electron chi connectivity index (χ3n) is 8.79. The van der Waals surface area contributed by atoms with E-state index in [4.69, 9.17) is 8.83 Å². The summed E-state index contributed by atoms with van der Waals surface area (Å²) < 4.78 is 77.7. The molecule has 0 spiro atoms. The first-order valence-corrected chi connectivity index (χ1v) is 18.4. The Balaban J connectivity index is 0.000000559. The van der Waals surface area contributed by atoms with Crippen LogP contribution >= 0.6 is 7.81 Å². The predicted octanol–water partition coefficient (Wildman–Crippen LogP) is 11.2. The summed E-state index contributed by atoms with van der Waals surface area (Å²) in [5, 5.41) is 5.87. The van der Waals surface area contributed by atoms with Crippen molar-refractivity contribution in [3.8, 4) is 0 Å². The SMILES string of the molecule is CCCn1c2cc(N(CC)CC)cc3oc4cc(=[N+](CC)CC)cc5oc6cc(N(CC)CC)cc1c6c(c45)c32.F[P-](F)(F)(F)(F)F. The van der Waals surface area contributed by atoms with Crippen LogP contribution in [0.1, 0.15) is 54.9 Å². The van der Waals surface area contributed by atoms with Gasteiger partial charge >= 0.3 is 33.0 Å². The molecule has 6 rings (SSSR count). The molecule has 47 heavy (non-hydrogen) atoms. The van der Waals surface area contributed by atoms with Crippen LogP contribution in [0, 0.1) is 0 Å². The molecule has 0 saturated heterocycles. The third-order valence-corrected chi connectivity index (χ3v) is 8.79. The number of aryl methyl sites for hydroxylation is 1. The maximum absolute atomic E-state index is 10.7. The Morgan fingerprint density at radius 3 is 1.30 bits per heavy atom. The molecule has 0 aliphatic rings. The molecule has 0 amide bonds. The van der Waals surface area contributed by atoms with Gasteiger partial charge in [0.25, 0.3) is 0 Å². The molecule has 0 bridgehead atoms. The molecule has 0 aliphatic carbocycles. The molecule has 3 aromatic heterocycles. The first-order valence-electron chi connectivity index (χ1n) is 16.3. The molecule has 6 nitrogen and oxygen atoms in total. The van der Waals surface area contributed by atoms with Crippen molar-refractivity contribution in [2.75, 3.05) is 49.1 Å². The number of anilines is 2. The number of hydrogen-bond acceptors (Lipinski definition) is 4. The fourth-order valence-electron chi connectivity index (χ4n) is 6.77. The van der Waals surface area contributed by atoms with Gasteiger partial charge in [-0.2, -0.15) is 0 Å². The minimum atomic E-state index is -10.7. The second-order valence-electron chi connectivity index (χ2n) is 11.7. The van der Waals surface area contributed by atoms with Crippen molar-refractivity contribution in [1.82, 2.24) is 9.14 Å². The first-order chi connectivity index (χ1) is 22.0. The number of pyridine rings is 1. The Labute approximate surface area is 269 Å². The fourth-order valence-corrected chi connectivity index (χ4v) is 6.77. The zero-order valence-corrected chi connectivity index (χ0v) is 28.8. The number of rotatable bonds is 10. The molecule has 0 atom stereocenters. The van der Waals surface area contributed by atoms with Gasteiger partial charge in [-0.3, -0.25) is 0 Å². The maximum atomic E-state index is 9.87. The quantitative estimate of drug-likeness (QED) is 0.0473. The zero-order chi connectivity index (χ0) is 34.5. The minimum absolute atomic E-state index is 0.887. The molecular weight excluding hydrogens is 641 g/mol. The average molecular weight is 685 g/mol. The summed E-state index contributed by atoms with van der Waals surface area (Å²) in [5.74, 6) is 0. The van der Waals surface area contributed by atoms with E-state index in [9.17, 15) is 25.2 Å². The van der Waals surface area contributed by atoms with Crippen LogP contribution in [0.15, 0.2) is 45.2 Å². The van der Waals surface area contributed by atoms with Crippen molar-refractivity contribution in [2.24, 2.45) is 0 Å². The summed E-state index contributed by atoms with van der Waals surface area (Å²) in [7, 11) is -10.7. The Morgan fingerprint density at radius 2 is 0.957 bits per heavy atom. The van der Waals surface area contributed by atoms with Crippen molar-refractivity contribution in [3.05, 3.63) is 41.8 Å². The molecule has 13 heteroatoms. The summed E-state index contributed by atoms with van der Waals surface area (Å²) >= 11 is 0. The molecule has 258 valence electrons. The van der Waals surface area contributed by atoms with Gasteiger partial charge in [-0.1, -0.05) is 6.92 Å². The second kappa shape index (κ2) is 11.8. The van der Waals surface area contributed by atoms with Crippen molar-refractivity contribution >= 4 is 74.1 Å². The van der Waals surface area contributed by atoms with Gasteiger partial charge in [0.2, 0.25) is 5.36 Å². The molecule has 0 N–H and O–H groups in total. The first kappa shape index (κ1) is 34.7. The number of nitrogens with zero attached hydrogens (tertiary/aromatic N) is 4. The number of benzene rings is 3. The van der Waals surface area contributed by atoms with E-state index in [1.54, 1.807) is 0 Å². The molecule has 0 unspecified atom stereocenters. The Bertz CT molecular complexity index is 2000. The molecule has 0 fully saturated rings. The van der Waals surface area contributed by atoms with E-state index in [-0.39, 0.29) is 0 Å². The van der Waals surface area contributed by atoms with Gasteiger partial charge < -0.3 is 23.2 Å². The van der Waals surface area contributed by atoms with Gasteiger partial charge in [-0.05, 0) is 60.1 Å². The van der Waals surface area contributed by atoms with Crippen molar-refractivity contribution in [1.29, 1.82) is 0 Å². The second-order valence-corrected chi connectivity index (χ2v) is 13.6. The molecular formula is C34H43F6N4O2P. The van der Waals surface area contributed by atoms with Crippen LogP contribution in [-0.2, 0) is 6.54 Å². The summed E-state index contributed by atoms with van der Waals surface area (Å²) in [6.07, 6.45) is 1.04. The Kier molecular flexibility index (Phi) is 8.70. The molecule has 0 saturated carbocycles. The molecule has 0 aliphatic heterocycles. The van der Waals surface area contributed by atoms with Crippen LogP contribution in [0.2, 0.25) is 0 Å². The summed E-state index contributed by atoms with van der Waals surface area (Å²) in [4.78, 5) is 4.83. The van der Waals surface area contributed by atoms with Crippen LogP contribution in [0.4, 0.5) is 36.6 Å². The van der Waals surface area contributed by atoms with Gasteiger partial charge in [0.15, 0.2) is 0 Å². The zero-order valence-electron chi connectivity index (χ0n) is 27.9. The van der Waals surface area contributed by atoms with Crippen LogP contribution < -0.4 is 19.7 Å². The Hall–Kier alpha value is -3.66. The number of aromatic nitrogens is 1. The number of halogens is 6. The van der Waals surface area contributed by atoms with Crippen LogP contribution in [0.25, 0.3) is 54.9 Å². The van der Waals surface area contributed by atoms with Gasteiger partial charge in [0.05, 0.1) is 28.6 Å². The Morgan fingerprint density at radius 1 is 0.574 bits per heavy atom. The standard InChI is InChI=1S/C34H43N4O2.F6P/c1-8-15-38-25-16-22(35(9-2)10-3)18-27-31(25)34-32-26(38)17-23(36(11-4)12-5)19-28(32)40-30-21-24(37(13-6)14-7)20-29(39-27)33(30)34;1-7(2,3,4,5)6/h16-21H,8-15H2,1-7H3;/q+1;-1. The van der Waals surface area contributed by atoms with E-state index in [1.165, 1.54) is 38.6 Å². The van der Waals surface area contributed by atoms with Gasteiger partial charge in [-0.15, -0.1) is 0 Å². The topological polar surface area (TPSA) is 40.7 Å². The predicted molar refractivity (Wildman–Crippen MR) is 185 cm³/mol. The molecule has 3 aromatic carbocycles. The van der Waals surface area contributed by atoms with Crippen LogP contribution in [0.3, 0.4) is 0 Å².